The van der Waals surface area contributed by atoms with Crippen molar-refractivity contribution in [3.8, 4) is 22.9 Å². The molecule has 1 unspecified atom stereocenters. The summed E-state index contributed by atoms with van der Waals surface area (Å²) in [6, 6.07) is 3.92. The van der Waals surface area contributed by atoms with Crippen LogP contribution in [0.2, 0.25) is 0 Å². The summed E-state index contributed by atoms with van der Waals surface area (Å²) in [5.74, 6) is 2.54. The van der Waals surface area contributed by atoms with Crippen LogP contribution in [0, 0.1) is 6.92 Å². The average Bonchev–Trinajstić information content (AvgIpc) is 2.81. The van der Waals surface area contributed by atoms with Gasteiger partial charge in [-0.1, -0.05) is 0 Å². The number of fused-ring (bicyclic) bond motifs is 1. The molecule has 0 bridgehead atoms. The zero-order valence-corrected chi connectivity index (χ0v) is 13.7. The molecule has 6 heteroatoms. The van der Waals surface area contributed by atoms with Gasteiger partial charge in [-0.15, -0.1) is 0 Å². The van der Waals surface area contributed by atoms with Crippen molar-refractivity contribution in [2.24, 2.45) is 0 Å². The highest BCUT2D eigenvalue weighted by atomic mass is 79.9. The Labute approximate surface area is 131 Å². The molecule has 1 aliphatic rings. The van der Waals surface area contributed by atoms with E-state index < -0.39 is 0 Å². The van der Waals surface area contributed by atoms with E-state index >= 15 is 0 Å². The molecule has 0 saturated heterocycles. The molecule has 1 aromatic heterocycles. The van der Waals surface area contributed by atoms with Gasteiger partial charge in [0.1, 0.15) is 23.4 Å². The summed E-state index contributed by atoms with van der Waals surface area (Å²) in [4.78, 5) is 8.82. The van der Waals surface area contributed by atoms with Crippen molar-refractivity contribution in [1.82, 2.24) is 9.97 Å². The van der Waals surface area contributed by atoms with Crippen LogP contribution >= 0.6 is 15.9 Å². The molecule has 3 rings (SSSR count). The highest BCUT2D eigenvalue weighted by Crippen LogP contribution is 2.39. The molecule has 0 saturated carbocycles. The minimum Gasteiger partial charge on any atom is -0.496 e. The monoisotopic (exact) mass is 349 g/mol. The molecule has 0 aliphatic carbocycles. The Morgan fingerprint density at radius 1 is 1.38 bits per heavy atom. The number of aromatic nitrogens is 2. The largest absolute Gasteiger partial charge is 0.496 e. The van der Waals surface area contributed by atoms with Crippen LogP contribution in [0.3, 0.4) is 0 Å². The van der Waals surface area contributed by atoms with Gasteiger partial charge in [-0.3, -0.25) is 0 Å². The summed E-state index contributed by atoms with van der Waals surface area (Å²) in [7, 11) is 1.64. The van der Waals surface area contributed by atoms with Crippen molar-refractivity contribution in [3.63, 3.8) is 0 Å². The van der Waals surface area contributed by atoms with E-state index in [1.807, 2.05) is 26.0 Å². The van der Waals surface area contributed by atoms with Crippen molar-refractivity contribution in [2.45, 2.75) is 26.4 Å². The maximum absolute atomic E-state index is 5.92. The van der Waals surface area contributed by atoms with E-state index in [2.05, 4.69) is 25.9 Å². The van der Waals surface area contributed by atoms with Gasteiger partial charge in [-0.25, -0.2) is 9.97 Å². The Bertz CT molecular complexity index is 695. The van der Waals surface area contributed by atoms with Gasteiger partial charge in [0.05, 0.1) is 22.8 Å². The number of ether oxygens (including phenoxy) is 2. The minimum atomic E-state index is 0.178. The molecule has 2 heterocycles. The Balaban J connectivity index is 2.16. The maximum atomic E-state index is 5.92. The lowest BCUT2D eigenvalue weighted by atomic mass is 10.1. The highest BCUT2D eigenvalue weighted by molar-refractivity contribution is 9.10. The first-order valence-electron chi connectivity index (χ1n) is 6.67. The molecule has 0 spiro atoms. The van der Waals surface area contributed by atoms with Gasteiger partial charge in [-0.2, -0.15) is 0 Å². The molecule has 5 nitrogen and oxygen atoms in total. The summed E-state index contributed by atoms with van der Waals surface area (Å²) >= 11 is 3.37. The van der Waals surface area contributed by atoms with Crippen molar-refractivity contribution < 1.29 is 9.47 Å². The fraction of sp³-hybridized carbons (Fsp3) is 0.333. The van der Waals surface area contributed by atoms with Crippen LogP contribution < -0.4 is 15.2 Å². The number of benzene rings is 1. The zero-order chi connectivity index (χ0) is 15.1. The molecule has 0 amide bonds. The smallest absolute Gasteiger partial charge is 0.165 e. The molecule has 2 aromatic rings. The second-order valence-electron chi connectivity index (χ2n) is 5.12. The Morgan fingerprint density at radius 3 is 2.81 bits per heavy atom. The number of aryl methyl sites for hydroxylation is 1. The number of methoxy groups -OCH3 is 1. The third kappa shape index (κ3) is 2.44. The highest BCUT2D eigenvalue weighted by Gasteiger charge is 2.23. The Kier molecular flexibility index (Phi) is 3.49. The number of anilines is 1. The van der Waals surface area contributed by atoms with Crippen LogP contribution in [-0.4, -0.2) is 23.2 Å². The van der Waals surface area contributed by atoms with Crippen LogP contribution in [-0.2, 0) is 6.42 Å². The summed E-state index contributed by atoms with van der Waals surface area (Å²) in [5.41, 5.74) is 8.63. The molecular formula is C15H16BrN3O2. The average molecular weight is 350 g/mol. The second kappa shape index (κ2) is 5.18. The number of rotatable bonds is 2. The van der Waals surface area contributed by atoms with E-state index in [4.69, 9.17) is 15.2 Å². The molecule has 1 atom stereocenters. The van der Waals surface area contributed by atoms with Gasteiger partial charge in [0.2, 0.25) is 0 Å². The molecule has 1 aromatic carbocycles. The van der Waals surface area contributed by atoms with Crippen molar-refractivity contribution in [2.75, 3.05) is 12.8 Å². The summed E-state index contributed by atoms with van der Waals surface area (Å²) < 4.78 is 12.0. The van der Waals surface area contributed by atoms with E-state index in [-0.39, 0.29) is 6.10 Å². The fourth-order valence-electron chi connectivity index (χ4n) is 2.48. The van der Waals surface area contributed by atoms with Crippen molar-refractivity contribution in [3.05, 3.63) is 27.9 Å². The van der Waals surface area contributed by atoms with Gasteiger partial charge < -0.3 is 15.2 Å². The molecule has 1 aliphatic heterocycles. The van der Waals surface area contributed by atoms with E-state index in [0.717, 1.165) is 39.2 Å². The van der Waals surface area contributed by atoms with Crippen LogP contribution in [0.25, 0.3) is 11.4 Å². The zero-order valence-electron chi connectivity index (χ0n) is 12.1. The quantitative estimate of drug-likeness (QED) is 0.901. The summed E-state index contributed by atoms with van der Waals surface area (Å²) in [6.07, 6.45) is 1.06. The third-order valence-electron chi connectivity index (χ3n) is 3.50. The molecular weight excluding hydrogens is 334 g/mol. The van der Waals surface area contributed by atoms with Crippen molar-refractivity contribution >= 4 is 21.7 Å². The van der Waals surface area contributed by atoms with E-state index in [9.17, 15) is 0 Å². The van der Waals surface area contributed by atoms with E-state index in [1.165, 1.54) is 0 Å². The van der Waals surface area contributed by atoms with Crippen LogP contribution in [0.1, 0.15) is 18.2 Å². The topological polar surface area (TPSA) is 70.3 Å². The van der Waals surface area contributed by atoms with Gasteiger partial charge >= 0.3 is 0 Å². The van der Waals surface area contributed by atoms with Gasteiger partial charge in [0.15, 0.2) is 5.82 Å². The van der Waals surface area contributed by atoms with Gasteiger partial charge in [0, 0.05) is 12.0 Å². The predicted octanol–water partition coefficient (Wildman–Crippen LogP) is 3.13. The number of halogens is 1. The first-order valence-corrected chi connectivity index (χ1v) is 7.46. The summed E-state index contributed by atoms with van der Waals surface area (Å²) in [6.45, 7) is 3.93. The van der Waals surface area contributed by atoms with Gasteiger partial charge in [0.25, 0.3) is 0 Å². The number of nitrogen functional groups attached to an aromatic ring is 1. The standard InChI is InChI=1S/C15H16BrN3O2/c1-7-4-9-5-12(20-3)10(6-11(9)21-7)15-18-8(2)13(16)14(17)19-15/h5-7H,4H2,1-3H3,(H2,17,18,19). The normalized spacial score (nSPS) is 16.5. The molecule has 110 valence electrons. The van der Waals surface area contributed by atoms with E-state index in [1.54, 1.807) is 7.11 Å². The molecule has 2 N–H and O–H groups in total. The van der Waals surface area contributed by atoms with Crippen LogP contribution in [0.4, 0.5) is 5.82 Å². The SMILES string of the molecule is COc1cc2c(cc1-c1nc(C)c(Br)c(N)n1)OC(C)C2. The minimum absolute atomic E-state index is 0.178. The lowest BCUT2D eigenvalue weighted by molar-refractivity contribution is 0.254. The number of nitrogens with zero attached hydrogens (tertiary/aromatic N) is 2. The lowest BCUT2D eigenvalue weighted by Gasteiger charge is -2.12. The predicted molar refractivity (Wildman–Crippen MR) is 84.7 cm³/mol. The lowest BCUT2D eigenvalue weighted by Crippen LogP contribution is -2.05. The number of hydrogen-bond acceptors (Lipinski definition) is 5. The Morgan fingerprint density at radius 2 is 2.14 bits per heavy atom. The number of hydrogen-bond donors (Lipinski definition) is 1. The first-order chi connectivity index (χ1) is 9.99. The maximum Gasteiger partial charge on any atom is 0.165 e. The van der Waals surface area contributed by atoms with Crippen LogP contribution in [0.15, 0.2) is 16.6 Å². The number of nitrogens with two attached hydrogens (primary N) is 1. The Hall–Kier alpha value is -1.82. The molecule has 0 radical (unpaired) electrons. The fourth-order valence-corrected chi connectivity index (χ4v) is 2.66. The van der Waals surface area contributed by atoms with E-state index in [0.29, 0.717) is 11.6 Å². The molecule has 21 heavy (non-hydrogen) atoms. The molecule has 0 fully saturated rings. The first kappa shape index (κ1) is 14.1. The third-order valence-corrected chi connectivity index (χ3v) is 4.48. The van der Waals surface area contributed by atoms with Gasteiger partial charge in [-0.05, 0) is 41.9 Å². The summed E-state index contributed by atoms with van der Waals surface area (Å²) in [5, 5.41) is 0. The van der Waals surface area contributed by atoms with Crippen LogP contribution in [0.5, 0.6) is 11.5 Å². The van der Waals surface area contributed by atoms with Crippen molar-refractivity contribution in [1.29, 1.82) is 0 Å². The second-order valence-corrected chi connectivity index (χ2v) is 5.92.